The van der Waals surface area contributed by atoms with Gasteiger partial charge in [-0.2, -0.15) is 0 Å². The highest BCUT2D eigenvalue weighted by Gasteiger charge is 2.09. The van der Waals surface area contributed by atoms with Crippen LogP contribution in [0.2, 0.25) is 0 Å². The van der Waals surface area contributed by atoms with Gasteiger partial charge >= 0.3 is 0 Å². The summed E-state index contributed by atoms with van der Waals surface area (Å²) in [6.45, 7) is 1.22. The van der Waals surface area contributed by atoms with Crippen LogP contribution < -0.4 is 14.2 Å². The maximum absolute atomic E-state index is 5.30. The highest BCUT2D eigenvalue weighted by Crippen LogP contribution is 2.30. The fourth-order valence-corrected chi connectivity index (χ4v) is 1.97. The first-order valence-electron chi connectivity index (χ1n) is 5.99. The second-order valence-corrected chi connectivity index (χ2v) is 4.06. The zero-order valence-corrected chi connectivity index (χ0v) is 9.96. The van der Waals surface area contributed by atoms with Crippen LogP contribution >= 0.6 is 0 Å². The summed E-state index contributed by atoms with van der Waals surface area (Å²) in [4.78, 5) is 0. The van der Waals surface area contributed by atoms with E-state index in [1.165, 1.54) is 5.56 Å². The third-order valence-electron chi connectivity index (χ3n) is 2.88. The lowest BCUT2D eigenvalue weighted by atomic mass is 10.2. The van der Waals surface area contributed by atoms with E-state index in [1.54, 1.807) is 0 Å². The average Bonchev–Trinajstić information content (AvgIpc) is 3.08. The van der Waals surface area contributed by atoms with E-state index in [4.69, 9.17) is 14.2 Å². The molecule has 2 aliphatic heterocycles. The molecule has 3 heteroatoms. The molecule has 0 saturated heterocycles. The van der Waals surface area contributed by atoms with Crippen molar-refractivity contribution < 1.29 is 14.2 Å². The molecule has 92 valence electrons. The molecule has 0 bridgehead atoms. The van der Waals surface area contributed by atoms with Crippen molar-refractivity contribution in [3.05, 3.63) is 54.1 Å². The van der Waals surface area contributed by atoms with Gasteiger partial charge < -0.3 is 14.2 Å². The van der Waals surface area contributed by atoms with Crippen molar-refractivity contribution >= 4 is 0 Å². The SMILES string of the molecule is c1ccc2c(c1)CCO2.c1ccc2c(c1)OCO2. The summed E-state index contributed by atoms with van der Waals surface area (Å²) in [6.07, 6.45) is 1.08. The van der Waals surface area contributed by atoms with Crippen molar-refractivity contribution in [3.8, 4) is 17.2 Å². The molecule has 0 spiro atoms. The maximum atomic E-state index is 5.30. The first-order valence-corrected chi connectivity index (χ1v) is 5.99. The van der Waals surface area contributed by atoms with Crippen LogP contribution in [-0.2, 0) is 6.42 Å². The van der Waals surface area contributed by atoms with E-state index in [-0.39, 0.29) is 0 Å². The second kappa shape index (κ2) is 5.00. The molecule has 18 heavy (non-hydrogen) atoms. The number of benzene rings is 2. The second-order valence-electron chi connectivity index (χ2n) is 4.06. The van der Waals surface area contributed by atoms with Gasteiger partial charge in [-0.3, -0.25) is 0 Å². The summed E-state index contributed by atoms with van der Waals surface area (Å²) < 4.78 is 15.5. The van der Waals surface area contributed by atoms with E-state index in [2.05, 4.69) is 6.07 Å². The fourth-order valence-electron chi connectivity index (χ4n) is 1.97. The number of para-hydroxylation sites is 3. The van der Waals surface area contributed by atoms with Crippen LogP contribution in [0, 0.1) is 0 Å². The topological polar surface area (TPSA) is 27.7 Å². The molecule has 3 nitrogen and oxygen atoms in total. The maximum Gasteiger partial charge on any atom is 0.231 e. The van der Waals surface area contributed by atoms with E-state index >= 15 is 0 Å². The summed E-state index contributed by atoms with van der Waals surface area (Å²) in [5.41, 5.74) is 1.34. The van der Waals surface area contributed by atoms with Crippen LogP contribution in [0.1, 0.15) is 5.56 Å². The molecule has 4 rings (SSSR count). The van der Waals surface area contributed by atoms with Gasteiger partial charge in [0.15, 0.2) is 11.5 Å². The Morgan fingerprint density at radius 2 is 1.28 bits per heavy atom. The molecule has 0 fully saturated rings. The van der Waals surface area contributed by atoms with E-state index < -0.39 is 0 Å². The van der Waals surface area contributed by atoms with Crippen molar-refractivity contribution in [2.75, 3.05) is 13.4 Å². The molecular formula is C15H14O3. The van der Waals surface area contributed by atoms with Gasteiger partial charge in [0.1, 0.15) is 5.75 Å². The number of hydrogen-bond donors (Lipinski definition) is 0. The minimum Gasteiger partial charge on any atom is -0.493 e. The van der Waals surface area contributed by atoms with Crippen molar-refractivity contribution in [2.45, 2.75) is 6.42 Å². The molecule has 2 aliphatic rings. The van der Waals surface area contributed by atoms with Crippen LogP contribution in [-0.4, -0.2) is 13.4 Å². The lowest BCUT2D eigenvalue weighted by Gasteiger charge is -1.93. The van der Waals surface area contributed by atoms with Crippen molar-refractivity contribution in [2.24, 2.45) is 0 Å². The van der Waals surface area contributed by atoms with E-state index in [9.17, 15) is 0 Å². The fraction of sp³-hybridized carbons (Fsp3) is 0.200. The van der Waals surface area contributed by atoms with E-state index in [0.29, 0.717) is 6.79 Å². The Labute approximate surface area is 106 Å². The Balaban J connectivity index is 0.000000111. The van der Waals surface area contributed by atoms with Gasteiger partial charge in [0.05, 0.1) is 6.61 Å². The number of hydrogen-bond acceptors (Lipinski definition) is 3. The molecule has 2 heterocycles. The van der Waals surface area contributed by atoms with Gasteiger partial charge in [0, 0.05) is 6.42 Å². The summed E-state index contributed by atoms with van der Waals surface area (Å²) in [5, 5.41) is 0. The van der Waals surface area contributed by atoms with Crippen molar-refractivity contribution in [3.63, 3.8) is 0 Å². The van der Waals surface area contributed by atoms with Crippen LogP contribution in [0.4, 0.5) is 0 Å². The van der Waals surface area contributed by atoms with Gasteiger partial charge in [-0.05, 0) is 23.8 Å². The third kappa shape index (κ3) is 2.25. The van der Waals surface area contributed by atoms with Gasteiger partial charge in [0.25, 0.3) is 0 Å². The molecule has 2 aromatic carbocycles. The minimum absolute atomic E-state index is 0.360. The van der Waals surface area contributed by atoms with Crippen molar-refractivity contribution in [1.29, 1.82) is 0 Å². The Bertz CT molecular complexity index is 441. The van der Waals surface area contributed by atoms with Gasteiger partial charge in [0.2, 0.25) is 6.79 Å². The van der Waals surface area contributed by atoms with Crippen LogP contribution in [0.15, 0.2) is 48.5 Å². The lowest BCUT2D eigenvalue weighted by Crippen LogP contribution is -1.92. The Morgan fingerprint density at radius 1 is 0.667 bits per heavy atom. The highest BCUT2D eigenvalue weighted by molar-refractivity contribution is 5.40. The highest BCUT2D eigenvalue weighted by atomic mass is 16.7. The van der Waals surface area contributed by atoms with Crippen molar-refractivity contribution in [1.82, 2.24) is 0 Å². The Kier molecular flexibility index (Phi) is 3.05. The standard InChI is InChI=1S/C8H8O.C7H6O2/c1-2-4-8-7(3-1)5-6-9-8;1-2-4-7-6(3-1)8-5-9-7/h1-4H,5-6H2;1-4H,5H2. The monoisotopic (exact) mass is 242 g/mol. The van der Waals surface area contributed by atoms with E-state index in [0.717, 1.165) is 30.3 Å². The lowest BCUT2D eigenvalue weighted by molar-refractivity contribution is 0.174. The molecule has 0 saturated carbocycles. The van der Waals surface area contributed by atoms with Crippen LogP contribution in [0.3, 0.4) is 0 Å². The summed E-state index contributed by atoms with van der Waals surface area (Å²) in [7, 11) is 0. The number of ether oxygens (including phenoxy) is 3. The number of fused-ring (bicyclic) bond motifs is 2. The predicted octanol–water partition coefficient (Wildman–Crippen LogP) is 3.04. The zero-order chi connectivity index (χ0) is 12.2. The molecule has 0 atom stereocenters. The summed E-state index contributed by atoms with van der Waals surface area (Å²) >= 11 is 0. The van der Waals surface area contributed by atoms with Gasteiger partial charge in [-0.25, -0.2) is 0 Å². The molecule has 0 radical (unpaired) electrons. The molecule has 0 unspecified atom stereocenters. The predicted molar refractivity (Wildman–Crippen MR) is 68.2 cm³/mol. The number of rotatable bonds is 0. The van der Waals surface area contributed by atoms with Crippen LogP contribution in [0.25, 0.3) is 0 Å². The Hall–Kier alpha value is -2.16. The average molecular weight is 242 g/mol. The quantitative estimate of drug-likeness (QED) is 0.710. The molecule has 2 aromatic rings. The molecular weight excluding hydrogens is 228 g/mol. The normalized spacial score (nSPS) is 14.2. The molecule has 0 amide bonds. The summed E-state index contributed by atoms with van der Waals surface area (Å²) in [5.74, 6) is 2.76. The Morgan fingerprint density at radius 3 is 1.94 bits per heavy atom. The third-order valence-corrected chi connectivity index (χ3v) is 2.88. The minimum atomic E-state index is 0.360. The molecule has 0 aromatic heterocycles. The first kappa shape index (κ1) is 11.0. The smallest absolute Gasteiger partial charge is 0.231 e. The van der Waals surface area contributed by atoms with Gasteiger partial charge in [-0.1, -0.05) is 30.3 Å². The van der Waals surface area contributed by atoms with E-state index in [1.807, 2.05) is 42.5 Å². The first-order chi connectivity index (χ1) is 8.93. The van der Waals surface area contributed by atoms with Gasteiger partial charge in [-0.15, -0.1) is 0 Å². The molecule has 0 N–H and O–H groups in total. The zero-order valence-electron chi connectivity index (χ0n) is 9.96. The van der Waals surface area contributed by atoms with Crippen LogP contribution in [0.5, 0.6) is 17.2 Å². The molecule has 0 aliphatic carbocycles. The largest absolute Gasteiger partial charge is 0.493 e. The summed E-state index contributed by atoms with van der Waals surface area (Å²) in [6, 6.07) is 15.8.